The maximum atomic E-state index is 6.08. The number of halogens is 2. The van der Waals surface area contributed by atoms with Crippen molar-refractivity contribution in [2.75, 3.05) is 6.54 Å². The predicted molar refractivity (Wildman–Crippen MR) is 93.6 cm³/mol. The van der Waals surface area contributed by atoms with Crippen LogP contribution in [0.1, 0.15) is 70.4 Å². The third-order valence-corrected chi connectivity index (χ3v) is 4.80. The topological polar surface area (TPSA) is 12.0 Å². The summed E-state index contributed by atoms with van der Waals surface area (Å²) in [7, 11) is 0. The fourth-order valence-corrected chi connectivity index (χ4v) is 2.90. The lowest BCUT2D eigenvalue weighted by Crippen LogP contribution is -2.22. The van der Waals surface area contributed by atoms with Crippen LogP contribution < -0.4 is 5.32 Å². The van der Waals surface area contributed by atoms with Gasteiger partial charge >= 0.3 is 0 Å². The summed E-state index contributed by atoms with van der Waals surface area (Å²) in [5, 5.41) is 4.44. The lowest BCUT2D eigenvalue weighted by molar-refractivity contribution is 0.468. The summed E-state index contributed by atoms with van der Waals surface area (Å²) in [5.74, 6) is 0. The van der Waals surface area contributed by atoms with Crippen LogP contribution in [0, 0.1) is 0 Å². The molecule has 0 bridgehead atoms. The van der Waals surface area contributed by atoms with Crippen molar-refractivity contribution in [1.82, 2.24) is 5.32 Å². The first-order valence-corrected chi connectivity index (χ1v) is 9.04. The fraction of sp³-hybridized carbons (Fsp3) is 0.647. The monoisotopic (exact) mass is 359 g/mol. The number of unbranched alkanes of at least 4 members (excludes halogenated alkanes) is 4. The van der Waals surface area contributed by atoms with Crippen LogP contribution >= 0.6 is 27.5 Å². The van der Waals surface area contributed by atoms with Gasteiger partial charge in [0.15, 0.2) is 0 Å². The third-order valence-electron chi connectivity index (χ3n) is 3.58. The molecule has 0 radical (unpaired) electrons. The summed E-state index contributed by atoms with van der Waals surface area (Å²) in [6.45, 7) is 5.54. The minimum Gasteiger partial charge on any atom is -0.310 e. The van der Waals surface area contributed by atoms with Crippen molar-refractivity contribution in [2.45, 2.75) is 64.8 Å². The van der Waals surface area contributed by atoms with E-state index in [0.29, 0.717) is 6.04 Å². The van der Waals surface area contributed by atoms with Crippen molar-refractivity contribution >= 4 is 27.5 Å². The minimum atomic E-state index is 0.449. The van der Waals surface area contributed by atoms with E-state index in [1.165, 1.54) is 50.5 Å². The van der Waals surface area contributed by atoms with Gasteiger partial charge in [-0.1, -0.05) is 63.6 Å². The Bertz CT molecular complexity index is 381. The molecular formula is C17H27BrClN. The van der Waals surface area contributed by atoms with Crippen LogP contribution in [0.3, 0.4) is 0 Å². The minimum absolute atomic E-state index is 0.449. The molecule has 1 aromatic carbocycles. The first-order chi connectivity index (χ1) is 9.69. The predicted octanol–water partition coefficient (Wildman–Crippen LogP) is 6.50. The zero-order chi connectivity index (χ0) is 14.8. The summed E-state index contributed by atoms with van der Waals surface area (Å²) >= 11 is 9.61. The van der Waals surface area contributed by atoms with Crippen LogP contribution in [0.2, 0.25) is 5.02 Å². The summed E-state index contributed by atoms with van der Waals surface area (Å²) < 4.78 is 0.992. The highest BCUT2D eigenvalue weighted by Crippen LogP contribution is 2.28. The standard InChI is InChI=1S/C17H27BrClN/c1-3-5-6-7-8-9-17(20-12-4-2)14-10-11-16(19)15(18)13-14/h10-11,13,17,20H,3-9,12H2,1-2H3. The lowest BCUT2D eigenvalue weighted by atomic mass is 9.99. The second-order valence-electron chi connectivity index (χ2n) is 5.38. The van der Waals surface area contributed by atoms with Gasteiger partial charge in [-0.05, 0) is 53.0 Å². The molecule has 0 aromatic heterocycles. The van der Waals surface area contributed by atoms with E-state index in [2.05, 4.69) is 47.2 Å². The highest BCUT2D eigenvalue weighted by Gasteiger charge is 2.11. The van der Waals surface area contributed by atoms with Crippen LogP contribution in [0.25, 0.3) is 0 Å². The Balaban J connectivity index is 2.55. The van der Waals surface area contributed by atoms with Gasteiger partial charge < -0.3 is 5.32 Å². The molecule has 3 heteroatoms. The molecule has 20 heavy (non-hydrogen) atoms. The number of hydrogen-bond donors (Lipinski definition) is 1. The van der Waals surface area contributed by atoms with E-state index in [1.54, 1.807) is 0 Å². The first-order valence-electron chi connectivity index (χ1n) is 7.87. The molecule has 1 atom stereocenters. The van der Waals surface area contributed by atoms with Crippen LogP contribution in [0.5, 0.6) is 0 Å². The van der Waals surface area contributed by atoms with E-state index in [9.17, 15) is 0 Å². The zero-order valence-corrected chi connectivity index (χ0v) is 15.1. The maximum Gasteiger partial charge on any atom is 0.0548 e. The lowest BCUT2D eigenvalue weighted by Gasteiger charge is -2.19. The number of hydrogen-bond acceptors (Lipinski definition) is 1. The average molecular weight is 361 g/mol. The second kappa shape index (κ2) is 10.6. The number of rotatable bonds is 10. The summed E-state index contributed by atoms with van der Waals surface area (Å²) in [6.07, 6.45) is 9.04. The summed E-state index contributed by atoms with van der Waals surface area (Å²) in [6, 6.07) is 6.73. The van der Waals surface area contributed by atoms with Gasteiger partial charge in [0.05, 0.1) is 5.02 Å². The van der Waals surface area contributed by atoms with Crippen molar-refractivity contribution < 1.29 is 0 Å². The second-order valence-corrected chi connectivity index (χ2v) is 6.64. The quantitative estimate of drug-likeness (QED) is 0.469. The summed E-state index contributed by atoms with van der Waals surface area (Å²) in [5.41, 5.74) is 1.34. The molecule has 0 saturated carbocycles. The first kappa shape index (κ1) is 18.0. The molecule has 0 amide bonds. The summed E-state index contributed by atoms with van der Waals surface area (Å²) in [4.78, 5) is 0. The van der Waals surface area contributed by atoms with Gasteiger partial charge in [-0.3, -0.25) is 0 Å². The maximum absolute atomic E-state index is 6.08. The van der Waals surface area contributed by atoms with Gasteiger partial charge in [0.25, 0.3) is 0 Å². The number of benzene rings is 1. The van der Waals surface area contributed by atoms with Crippen LogP contribution in [0.4, 0.5) is 0 Å². The molecule has 0 saturated heterocycles. The molecule has 0 heterocycles. The molecule has 1 nitrogen and oxygen atoms in total. The van der Waals surface area contributed by atoms with Gasteiger partial charge in [-0.2, -0.15) is 0 Å². The molecule has 1 unspecified atom stereocenters. The van der Waals surface area contributed by atoms with Gasteiger partial charge in [0.2, 0.25) is 0 Å². The van der Waals surface area contributed by atoms with E-state index >= 15 is 0 Å². The Morgan fingerprint density at radius 3 is 2.50 bits per heavy atom. The normalized spacial score (nSPS) is 12.6. The van der Waals surface area contributed by atoms with Gasteiger partial charge in [0, 0.05) is 10.5 Å². The van der Waals surface area contributed by atoms with Crippen molar-refractivity contribution in [2.24, 2.45) is 0 Å². The Kier molecular flexibility index (Phi) is 9.58. The van der Waals surface area contributed by atoms with Crippen molar-refractivity contribution in [3.05, 3.63) is 33.3 Å². The Morgan fingerprint density at radius 1 is 1.10 bits per heavy atom. The van der Waals surface area contributed by atoms with Gasteiger partial charge in [-0.15, -0.1) is 0 Å². The van der Waals surface area contributed by atoms with E-state index in [4.69, 9.17) is 11.6 Å². The highest BCUT2D eigenvalue weighted by atomic mass is 79.9. The molecule has 0 aliphatic heterocycles. The van der Waals surface area contributed by atoms with Gasteiger partial charge in [-0.25, -0.2) is 0 Å². The highest BCUT2D eigenvalue weighted by molar-refractivity contribution is 9.10. The van der Waals surface area contributed by atoms with Crippen LogP contribution in [-0.4, -0.2) is 6.54 Å². The molecule has 0 aliphatic carbocycles. The van der Waals surface area contributed by atoms with Gasteiger partial charge in [0.1, 0.15) is 0 Å². The molecule has 1 N–H and O–H groups in total. The molecule has 0 spiro atoms. The zero-order valence-electron chi connectivity index (χ0n) is 12.7. The van der Waals surface area contributed by atoms with E-state index in [-0.39, 0.29) is 0 Å². The largest absolute Gasteiger partial charge is 0.310 e. The molecule has 0 aliphatic rings. The fourth-order valence-electron chi connectivity index (χ4n) is 2.39. The smallest absolute Gasteiger partial charge is 0.0548 e. The Morgan fingerprint density at radius 2 is 1.85 bits per heavy atom. The van der Waals surface area contributed by atoms with Crippen LogP contribution in [0.15, 0.2) is 22.7 Å². The SMILES string of the molecule is CCCCCCCC(NCCC)c1ccc(Cl)c(Br)c1. The Hall–Kier alpha value is -0.0500. The molecular weight excluding hydrogens is 334 g/mol. The van der Waals surface area contributed by atoms with E-state index in [1.807, 2.05) is 6.07 Å². The molecule has 0 fully saturated rings. The van der Waals surface area contributed by atoms with Crippen LogP contribution in [-0.2, 0) is 0 Å². The van der Waals surface area contributed by atoms with Crippen molar-refractivity contribution in [1.29, 1.82) is 0 Å². The number of nitrogens with one attached hydrogen (secondary N) is 1. The average Bonchev–Trinajstić information content (AvgIpc) is 2.45. The van der Waals surface area contributed by atoms with Crippen molar-refractivity contribution in [3.8, 4) is 0 Å². The molecule has 1 rings (SSSR count). The molecule has 114 valence electrons. The molecule has 1 aromatic rings. The van der Waals surface area contributed by atoms with E-state index in [0.717, 1.165) is 16.0 Å². The van der Waals surface area contributed by atoms with E-state index < -0.39 is 0 Å². The Labute approximate surface area is 137 Å². The van der Waals surface area contributed by atoms with Crippen molar-refractivity contribution in [3.63, 3.8) is 0 Å². The third kappa shape index (κ3) is 6.60.